The Morgan fingerprint density at radius 1 is 1.43 bits per heavy atom. The van der Waals surface area contributed by atoms with E-state index >= 15 is 0 Å². The van der Waals surface area contributed by atoms with Gasteiger partial charge in [-0.1, -0.05) is 12.8 Å². The van der Waals surface area contributed by atoms with E-state index in [1.165, 1.54) is 24.2 Å². The summed E-state index contributed by atoms with van der Waals surface area (Å²) in [5.41, 5.74) is 1.56. The maximum atomic E-state index is 12.5. The van der Waals surface area contributed by atoms with E-state index in [2.05, 4.69) is 10.3 Å². The van der Waals surface area contributed by atoms with Gasteiger partial charge in [0.2, 0.25) is 5.91 Å². The van der Waals surface area contributed by atoms with E-state index < -0.39 is 0 Å². The Morgan fingerprint density at radius 2 is 2.14 bits per heavy atom. The first-order chi connectivity index (χ1) is 10.1. The number of hydrogen-bond donors (Lipinski definition) is 1. The Labute approximate surface area is 127 Å². The summed E-state index contributed by atoms with van der Waals surface area (Å²) in [7, 11) is 0. The van der Waals surface area contributed by atoms with Crippen LogP contribution in [0.5, 0.6) is 0 Å². The number of anilines is 1. The van der Waals surface area contributed by atoms with Crippen LogP contribution in [0, 0.1) is 19.8 Å². The van der Waals surface area contributed by atoms with Crippen LogP contribution in [-0.2, 0) is 4.79 Å². The number of hydrogen-bond acceptors (Lipinski definition) is 4. The molecule has 3 rings (SSSR count). The maximum Gasteiger partial charge on any atom is 0.282 e. The van der Waals surface area contributed by atoms with Gasteiger partial charge in [-0.2, -0.15) is 0 Å². The van der Waals surface area contributed by atoms with Crippen molar-refractivity contribution in [3.05, 3.63) is 27.1 Å². The van der Waals surface area contributed by atoms with Gasteiger partial charge in [-0.3, -0.25) is 14.0 Å². The van der Waals surface area contributed by atoms with Crippen molar-refractivity contribution in [1.29, 1.82) is 0 Å². The third-order valence-electron chi connectivity index (χ3n) is 4.13. The summed E-state index contributed by atoms with van der Waals surface area (Å²) in [6.45, 7) is 3.63. The van der Waals surface area contributed by atoms with Gasteiger partial charge in [0.1, 0.15) is 5.69 Å². The van der Waals surface area contributed by atoms with Crippen molar-refractivity contribution >= 4 is 27.9 Å². The second-order valence-corrected chi connectivity index (χ2v) is 6.61. The van der Waals surface area contributed by atoms with Crippen molar-refractivity contribution in [1.82, 2.24) is 9.38 Å². The molecule has 0 saturated heterocycles. The monoisotopic (exact) mass is 305 g/mol. The molecule has 112 valence electrons. The molecule has 1 amide bonds. The van der Waals surface area contributed by atoms with Crippen molar-refractivity contribution in [2.45, 2.75) is 46.0 Å². The lowest BCUT2D eigenvalue weighted by atomic mass is 10.0. The number of amides is 1. The summed E-state index contributed by atoms with van der Waals surface area (Å²) in [5, 5.41) is 4.68. The second-order valence-electron chi connectivity index (χ2n) is 5.78. The van der Waals surface area contributed by atoms with Gasteiger partial charge in [0.15, 0.2) is 4.96 Å². The van der Waals surface area contributed by atoms with Crippen molar-refractivity contribution in [2.24, 2.45) is 5.92 Å². The SMILES string of the molecule is Cc1nc2scc(C)n2c(=O)c1NC(=O)CC1CCCC1. The molecule has 0 spiro atoms. The van der Waals surface area contributed by atoms with E-state index in [0.29, 0.717) is 28.7 Å². The van der Waals surface area contributed by atoms with E-state index in [1.807, 2.05) is 12.3 Å². The number of thiazole rings is 1. The summed E-state index contributed by atoms with van der Waals surface area (Å²) < 4.78 is 1.56. The fraction of sp³-hybridized carbons (Fsp3) is 0.533. The minimum absolute atomic E-state index is 0.0725. The number of aryl methyl sites for hydroxylation is 2. The number of carbonyl (C=O) groups excluding carboxylic acids is 1. The van der Waals surface area contributed by atoms with Gasteiger partial charge in [-0.05, 0) is 32.6 Å². The Morgan fingerprint density at radius 3 is 2.86 bits per heavy atom. The predicted octanol–water partition coefficient (Wildman–Crippen LogP) is 2.89. The Hall–Kier alpha value is -1.69. The minimum atomic E-state index is -0.184. The summed E-state index contributed by atoms with van der Waals surface area (Å²) in [5.74, 6) is 0.393. The van der Waals surface area contributed by atoms with E-state index in [1.54, 1.807) is 11.3 Å². The molecule has 0 unspecified atom stereocenters. The molecule has 1 N–H and O–H groups in total. The second kappa shape index (κ2) is 5.60. The molecule has 0 aromatic carbocycles. The molecule has 0 aliphatic heterocycles. The number of rotatable bonds is 3. The molecule has 0 radical (unpaired) electrons. The molecule has 21 heavy (non-hydrogen) atoms. The lowest BCUT2D eigenvalue weighted by Crippen LogP contribution is -2.25. The van der Waals surface area contributed by atoms with Crippen LogP contribution in [0.25, 0.3) is 4.96 Å². The molecule has 5 nitrogen and oxygen atoms in total. The van der Waals surface area contributed by atoms with Crippen molar-refractivity contribution in [2.75, 3.05) is 5.32 Å². The molecule has 2 aromatic rings. The van der Waals surface area contributed by atoms with Crippen molar-refractivity contribution < 1.29 is 4.79 Å². The van der Waals surface area contributed by atoms with Gasteiger partial charge in [-0.15, -0.1) is 11.3 Å². The number of carbonyl (C=O) groups is 1. The highest BCUT2D eigenvalue weighted by Crippen LogP contribution is 2.27. The molecular formula is C15H19N3O2S. The first-order valence-corrected chi connectivity index (χ1v) is 8.21. The fourth-order valence-corrected chi connectivity index (χ4v) is 3.90. The lowest BCUT2D eigenvalue weighted by molar-refractivity contribution is -0.117. The number of fused-ring (bicyclic) bond motifs is 1. The summed E-state index contributed by atoms with van der Waals surface area (Å²) in [4.78, 5) is 29.7. The van der Waals surface area contributed by atoms with Crippen molar-refractivity contribution in [3.63, 3.8) is 0 Å². The smallest absolute Gasteiger partial charge is 0.282 e. The van der Waals surface area contributed by atoms with Crippen LogP contribution in [-0.4, -0.2) is 15.3 Å². The third-order valence-corrected chi connectivity index (χ3v) is 5.08. The first-order valence-electron chi connectivity index (χ1n) is 7.33. The third kappa shape index (κ3) is 2.72. The standard InChI is InChI=1S/C15H19N3O2S/c1-9-8-21-15-16-10(2)13(14(20)18(9)15)17-12(19)7-11-5-3-4-6-11/h8,11H,3-7H2,1-2H3,(H,17,19). The van der Waals surface area contributed by atoms with Gasteiger partial charge in [0.05, 0.1) is 5.69 Å². The number of nitrogens with zero attached hydrogens (tertiary/aromatic N) is 2. The van der Waals surface area contributed by atoms with Crippen LogP contribution in [0.15, 0.2) is 10.2 Å². The van der Waals surface area contributed by atoms with Gasteiger partial charge in [0, 0.05) is 17.5 Å². The summed E-state index contributed by atoms with van der Waals surface area (Å²) in [6.07, 6.45) is 5.16. The topological polar surface area (TPSA) is 63.5 Å². The van der Waals surface area contributed by atoms with Gasteiger partial charge < -0.3 is 5.32 Å². The van der Waals surface area contributed by atoms with E-state index in [0.717, 1.165) is 18.5 Å². The van der Waals surface area contributed by atoms with Crippen LogP contribution < -0.4 is 10.9 Å². The van der Waals surface area contributed by atoms with Gasteiger partial charge in [0.25, 0.3) is 5.56 Å². The minimum Gasteiger partial charge on any atom is -0.320 e. The highest BCUT2D eigenvalue weighted by Gasteiger charge is 2.20. The molecule has 1 aliphatic rings. The first kappa shape index (κ1) is 14.3. The average molecular weight is 305 g/mol. The van der Waals surface area contributed by atoms with Gasteiger partial charge in [-0.25, -0.2) is 4.98 Å². The van der Waals surface area contributed by atoms with Gasteiger partial charge >= 0.3 is 0 Å². The average Bonchev–Trinajstić information content (AvgIpc) is 3.05. The zero-order valence-corrected chi connectivity index (χ0v) is 13.1. The van der Waals surface area contributed by atoms with E-state index in [4.69, 9.17) is 0 Å². The quantitative estimate of drug-likeness (QED) is 0.948. The Balaban J connectivity index is 1.87. The van der Waals surface area contributed by atoms with E-state index in [9.17, 15) is 9.59 Å². The predicted molar refractivity (Wildman–Crippen MR) is 84.0 cm³/mol. The fourth-order valence-electron chi connectivity index (χ4n) is 2.99. The zero-order chi connectivity index (χ0) is 15.0. The van der Waals surface area contributed by atoms with Crippen LogP contribution in [0.3, 0.4) is 0 Å². The normalized spacial score (nSPS) is 15.7. The highest BCUT2D eigenvalue weighted by atomic mass is 32.1. The lowest BCUT2D eigenvalue weighted by Gasteiger charge is -2.11. The molecular weight excluding hydrogens is 286 g/mol. The van der Waals surface area contributed by atoms with Crippen molar-refractivity contribution in [3.8, 4) is 0 Å². The molecule has 1 aliphatic carbocycles. The molecule has 2 heterocycles. The Kier molecular flexibility index (Phi) is 3.80. The Bertz CT molecular complexity index is 741. The maximum absolute atomic E-state index is 12.5. The van der Waals surface area contributed by atoms with Crippen LogP contribution in [0.2, 0.25) is 0 Å². The summed E-state index contributed by atoms with van der Waals surface area (Å²) in [6, 6.07) is 0. The van der Waals surface area contributed by atoms with Crippen LogP contribution >= 0.6 is 11.3 Å². The molecule has 2 aromatic heterocycles. The summed E-state index contributed by atoms with van der Waals surface area (Å²) >= 11 is 1.44. The molecule has 0 atom stereocenters. The molecule has 1 fully saturated rings. The van der Waals surface area contributed by atoms with Crippen LogP contribution in [0.1, 0.15) is 43.5 Å². The number of aromatic nitrogens is 2. The largest absolute Gasteiger partial charge is 0.320 e. The molecule has 1 saturated carbocycles. The highest BCUT2D eigenvalue weighted by molar-refractivity contribution is 7.15. The van der Waals surface area contributed by atoms with E-state index in [-0.39, 0.29) is 11.5 Å². The molecule has 0 bridgehead atoms. The van der Waals surface area contributed by atoms with Crippen LogP contribution in [0.4, 0.5) is 5.69 Å². The zero-order valence-electron chi connectivity index (χ0n) is 12.3. The number of nitrogens with one attached hydrogen (secondary N) is 1. The molecule has 6 heteroatoms.